The van der Waals surface area contributed by atoms with Gasteiger partial charge in [0.15, 0.2) is 0 Å². The van der Waals surface area contributed by atoms with Crippen LogP contribution in [-0.4, -0.2) is 39.9 Å². The monoisotopic (exact) mass is 902 g/mol. The minimum Gasteiger partial charge on any atom is -0.365 e. The molecule has 0 saturated carbocycles. The Morgan fingerprint density at radius 2 is 1.02 bits per heavy atom. The molecule has 61 heavy (non-hydrogen) atoms. The molecule has 0 saturated heterocycles. The number of aromatic nitrogens is 8. The number of nitrogens with one attached hydrogen (secondary N) is 3. The lowest BCUT2D eigenvalue weighted by Crippen LogP contribution is -2.06. The minimum absolute atomic E-state index is 0.399. The lowest BCUT2D eigenvalue weighted by atomic mass is 10.0. The summed E-state index contributed by atoms with van der Waals surface area (Å²) in [6.45, 7) is 4.61. The van der Waals surface area contributed by atoms with Gasteiger partial charge in [-0.15, -0.1) is 0 Å². The van der Waals surface area contributed by atoms with Gasteiger partial charge in [0, 0.05) is 57.4 Å². The number of para-hydroxylation sites is 2. The summed E-state index contributed by atoms with van der Waals surface area (Å²) in [5.74, 6) is 2.15. The second-order valence-electron chi connectivity index (χ2n) is 13.8. The summed E-state index contributed by atoms with van der Waals surface area (Å²) in [7, 11) is 0. The molecule has 0 bridgehead atoms. The lowest BCUT2D eigenvalue weighted by Gasteiger charge is -2.14. The third kappa shape index (κ3) is 9.11. The number of fused-ring (bicyclic) bond motifs is 4. The van der Waals surface area contributed by atoms with Crippen LogP contribution in [0, 0.1) is 13.8 Å². The predicted octanol–water partition coefficient (Wildman–Crippen LogP) is 13.0. The van der Waals surface area contributed by atoms with Gasteiger partial charge in [0.25, 0.3) is 0 Å². The maximum Gasteiger partial charge on any atom is 0.143 e. The fourth-order valence-corrected chi connectivity index (χ4v) is 8.02. The molecule has 5 N–H and O–H groups in total. The average molecular weight is 905 g/mol. The van der Waals surface area contributed by atoms with E-state index in [9.17, 15) is 0 Å². The van der Waals surface area contributed by atoms with E-state index in [-0.39, 0.29) is 0 Å². The Hall–Kier alpha value is -5.85. The SMILES string of the molecule is Cc1nc(Cl)c2cc[nH]c2n1.Cc1nc(NCc2cc3cccc(Cl)c3nc2-c2ccccc2Cl)c2cc[nH]c2n1.NCc1cc2cccc(Cl)c2nc1-c1ccccc1Cl. The molecule has 304 valence electrons. The standard InChI is InChI=1S/C23H17Cl2N5.C16H12Cl2N2.C7H6ClN3/c1-13-28-22-17(9-10-26-22)23(29-13)27-12-15-11-14-5-4-8-19(25)21(14)30-20(15)16-6-2-3-7-18(16)24;17-13-6-2-1-5-12(13)15-11(9-19)8-10-4-3-7-14(18)16(10)20-15;1-4-10-6(8)5-2-3-9-7(5)11-4/h2-11H,12H2,1H3,(H2,26,27,28,29);1-8H,9,19H2;2-3H,1H3,(H,9,10,11). The maximum absolute atomic E-state index is 6.50. The summed E-state index contributed by atoms with van der Waals surface area (Å²) in [4.78, 5) is 32.8. The number of aryl methyl sites for hydroxylation is 2. The number of pyridine rings is 2. The van der Waals surface area contributed by atoms with Gasteiger partial charge >= 0.3 is 0 Å². The van der Waals surface area contributed by atoms with E-state index in [1.807, 2.05) is 123 Å². The van der Waals surface area contributed by atoms with Crippen molar-refractivity contribution in [1.82, 2.24) is 39.9 Å². The fourth-order valence-electron chi connectivity index (χ4n) is 6.85. The molecule has 0 radical (unpaired) electrons. The Morgan fingerprint density at radius 3 is 1.59 bits per heavy atom. The molecule has 0 aliphatic carbocycles. The molecule has 4 aromatic carbocycles. The summed E-state index contributed by atoms with van der Waals surface area (Å²) < 4.78 is 0. The molecule has 0 fully saturated rings. The van der Waals surface area contributed by atoms with Crippen LogP contribution in [0.5, 0.6) is 0 Å². The van der Waals surface area contributed by atoms with E-state index >= 15 is 0 Å². The molecule has 0 unspecified atom stereocenters. The van der Waals surface area contributed by atoms with Crippen LogP contribution in [0.1, 0.15) is 22.8 Å². The van der Waals surface area contributed by atoms with Gasteiger partial charge in [-0.1, -0.05) is 119 Å². The topological polar surface area (TPSA) is 147 Å². The van der Waals surface area contributed by atoms with Crippen molar-refractivity contribution in [2.45, 2.75) is 26.9 Å². The number of benzene rings is 4. The molecule has 6 aromatic heterocycles. The summed E-state index contributed by atoms with van der Waals surface area (Å²) in [6.07, 6.45) is 3.66. The number of anilines is 1. The van der Waals surface area contributed by atoms with Crippen LogP contribution >= 0.6 is 58.0 Å². The number of H-pyrrole nitrogens is 2. The normalized spacial score (nSPS) is 11.1. The summed E-state index contributed by atoms with van der Waals surface area (Å²) >= 11 is 31.2. The lowest BCUT2D eigenvalue weighted by molar-refractivity contribution is 1.04. The van der Waals surface area contributed by atoms with Gasteiger partial charge in [-0.2, -0.15) is 0 Å². The van der Waals surface area contributed by atoms with Crippen LogP contribution in [0.15, 0.2) is 122 Å². The molecule has 0 aliphatic heterocycles. The highest BCUT2D eigenvalue weighted by atomic mass is 35.5. The molecule has 0 aliphatic rings. The highest BCUT2D eigenvalue weighted by molar-refractivity contribution is 6.36. The largest absolute Gasteiger partial charge is 0.365 e. The van der Waals surface area contributed by atoms with Crippen molar-refractivity contribution in [3.8, 4) is 22.5 Å². The molecule has 0 amide bonds. The zero-order chi connectivity index (χ0) is 42.6. The van der Waals surface area contributed by atoms with Crippen molar-refractivity contribution in [2.75, 3.05) is 5.32 Å². The molecule has 0 spiro atoms. The van der Waals surface area contributed by atoms with Gasteiger partial charge in [0.05, 0.1) is 43.2 Å². The third-order valence-corrected chi connectivity index (χ3v) is 11.2. The Labute approximate surface area is 375 Å². The first kappa shape index (κ1) is 41.9. The van der Waals surface area contributed by atoms with Gasteiger partial charge in [-0.25, -0.2) is 29.9 Å². The van der Waals surface area contributed by atoms with Gasteiger partial charge in [-0.3, -0.25) is 0 Å². The van der Waals surface area contributed by atoms with E-state index in [1.165, 1.54) is 0 Å². The van der Waals surface area contributed by atoms with Crippen molar-refractivity contribution in [2.24, 2.45) is 5.73 Å². The van der Waals surface area contributed by atoms with Crippen LogP contribution in [0.25, 0.3) is 66.4 Å². The van der Waals surface area contributed by atoms with Gasteiger partial charge in [-0.05, 0) is 73.5 Å². The zero-order valence-electron chi connectivity index (χ0n) is 32.6. The molecular weight excluding hydrogens is 870 g/mol. The fraction of sp³-hybridized carbons (Fsp3) is 0.0870. The number of hydrogen-bond acceptors (Lipinski definition) is 8. The number of rotatable bonds is 6. The Bertz CT molecular complexity index is 3200. The number of aromatic amines is 2. The molecule has 6 heterocycles. The van der Waals surface area contributed by atoms with E-state index in [0.717, 1.165) is 83.3 Å². The first-order chi connectivity index (χ1) is 29.6. The van der Waals surface area contributed by atoms with Crippen molar-refractivity contribution < 1.29 is 0 Å². The highest BCUT2D eigenvalue weighted by Crippen LogP contribution is 2.35. The smallest absolute Gasteiger partial charge is 0.143 e. The summed E-state index contributed by atoms with van der Waals surface area (Å²) in [6, 6.07) is 34.7. The van der Waals surface area contributed by atoms with Crippen LogP contribution in [0.4, 0.5) is 5.82 Å². The third-order valence-electron chi connectivity index (χ3n) is 9.68. The second kappa shape index (κ2) is 18.4. The number of nitrogens with two attached hydrogens (primary N) is 1. The second-order valence-corrected chi connectivity index (χ2v) is 15.8. The van der Waals surface area contributed by atoms with Crippen LogP contribution in [-0.2, 0) is 13.1 Å². The van der Waals surface area contributed by atoms with Crippen LogP contribution in [0.2, 0.25) is 25.2 Å². The van der Waals surface area contributed by atoms with Crippen molar-refractivity contribution in [3.05, 3.63) is 170 Å². The van der Waals surface area contributed by atoms with Crippen molar-refractivity contribution in [3.63, 3.8) is 0 Å². The minimum atomic E-state index is 0.399. The number of hydrogen-bond donors (Lipinski definition) is 4. The first-order valence-corrected chi connectivity index (χ1v) is 20.9. The molecule has 10 nitrogen and oxygen atoms in total. The van der Waals surface area contributed by atoms with E-state index in [4.69, 9.17) is 68.7 Å². The van der Waals surface area contributed by atoms with Crippen LogP contribution in [0.3, 0.4) is 0 Å². The summed E-state index contributed by atoms with van der Waals surface area (Å²) in [5.41, 5.74) is 14.2. The van der Waals surface area contributed by atoms with Crippen molar-refractivity contribution in [1.29, 1.82) is 0 Å². The average Bonchev–Trinajstić information content (AvgIpc) is 3.94. The quantitative estimate of drug-likeness (QED) is 0.121. The van der Waals surface area contributed by atoms with E-state index in [1.54, 1.807) is 6.20 Å². The molecule has 10 aromatic rings. The number of halogens is 5. The highest BCUT2D eigenvalue weighted by Gasteiger charge is 2.16. The predicted molar refractivity (Wildman–Crippen MR) is 252 cm³/mol. The van der Waals surface area contributed by atoms with Crippen LogP contribution < -0.4 is 11.1 Å². The van der Waals surface area contributed by atoms with Gasteiger partial charge < -0.3 is 21.0 Å². The Kier molecular flexibility index (Phi) is 12.6. The summed E-state index contributed by atoms with van der Waals surface area (Å²) in [5, 5.41) is 10.3. The van der Waals surface area contributed by atoms with E-state index in [0.29, 0.717) is 50.0 Å². The van der Waals surface area contributed by atoms with Crippen molar-refractivity contribution >= 4 is 108 Å². The van der Waals surface area contributed by atoms with Gasteiger partial charge in [0.2, 0.25) is 0 Å². The first-order valence-electron chi connectivity index (χ1n) is 19.0. The van der Waals surface area contributed by atoms with Gasteiger partial charge in [0.1, 0.15) is 33.9 Å². The maximum atomic E-state index is 6.50. The number of nitrogens with zero attached hydrogens (tertiary/aromatic N) is 6. The Morgan fingerprint density at radius 1 is 0.525 bits per heavy atom. The molecular formula is C46H35Cl5N10. The van der Waals surface area contributed by atoms with E-state index in [2.05, 4.69) is 46.3 Å². The molecule has 10 rings (SSSR count). The van der Waals surface area contributed by atoms with E-state index < -0.39 is 0 Å². The molecule has 0 atom stereocenters. The Balaban J connectivity index is 0.000000142. The molecule has 15 heteroatoms. The zero-order valence-corrected chi connectivity index (χ0v) is 36.4.